The van der Waals surface area contributed by atoms with E-state index >= 15 is 0 Å². The van der Waals surface area contributed by atoms with Crippen LogP contribution in [0.4, 0.5) is 4.79 Å². The molecule has 0 saturated carbocycles. The Labute approximate surface area is 136 Å². The summed E-state index contributed by atoms with van der Waals surface area (Å²) in [6, 6.07) is 5.71. The first kappa shape index (κ1) is 17.1. The number of fused-ring (bicyclic) bond motifs is 1. The lowest BCUT2D eigenvalue weighted by Gasteiger charge is -2.26. The Morgan fingerprint density at radius 3 is 2.43 bits per heavy atom. The molecule has 6 nitrogen and oxygen atoms in total. The number of hydrogen-bond acceptors (Lipinski definition) is 4. The van der Waals surface area contributed by atoms with Crippen LogP contribution in [0.1, 0.15) is 31.9 Å². The first-order valence-corrected chi connectivity index (χ1v) is 7.75. The zero-order valence-corrected chi connectivity index (χ0v) is 13.9. The van der Waals surface area contributed by atoms with Crippen LogP contribution in [0.5, 0.6) is 5.75 Å². The number of primary amides is 1. The highest BCUT2D eigenvalue weighted by Gasteiger charge is 2.24. The van der Waals surface area contributed by atoms with Gasteiger partial charge < -0.3 is 20.1 Å². The average Bonchev–Trinajstić information content (AvgIpc) is 2.65. The van der Waals surface area contributed by atoms with Gasteiger partial charge in [-0.3, -0.25) is 4.79 Å². The van der Waals surface area contributed by atoms with Crippen LogP contribution in [0, 0.1) is 0 Å². The normalized spacial score (nSPS) is 14.7. The monoisotopic (exact) mass is 320 g/mol. The molecule has 1 aliphatic heterocycles. The van der Waals surface area contributed by atoms with Crippen LogP contribution in [-0.2, 0) is 22.4 Å². The Kier molecular flexibility index (Phi) is 5.13. The molecule has 0 fully saturated rings. The minimum Gasteiger partial charge on any atom is -0.484 e. The van der Waals surface area contributed by atoms with E-state index < -0.39 is 11.5 Å². The van der Waals surface area contributed by atoms with Crippen LogP contribution < -0.4 is 10.5 Å². The molecule has 2 N–H and O–H groups in total. The van der Waals surface area contributed by atoms with Gasteiger partial charge in [-0.25, -0.2) is 4.79 Å². The maximum absolute atomic E-state index is 12.2. The molecule has 0 saturated heterocycles. The van der Waals surface area contributed by atoms with Gasteiger partial charge in [0.05, 0.1) is 0 Å². The fourth-order valence-corrected chi connectivity index (χ4v) is 2.45. The van der Waals surface area contributed by atoms with Gasteiger partial charge in [0.25, 0.3) is 5.91 Å². The molecule has 0 aromatic heterocycles. The van der Waals surface area contributed by atoms with E-state index in [4.69, 9.17) is 15.2 Å². The van der Waals surface area contributed by atoms with E-state index in [2.05, 4.69) is 0 Å². The Balaban J connectivity index is 2.02. The molecule has 0 unspecified atom stereocenters. The van der Waals surface area contributed by atoms with Crippen molar-refractivity contribution in [3.8, 4) is 5.75 Å². The second kappa shape index (κ2) is 6.89. The summed E-state index contributed by atoms with van der Waals surface area (Å²) in [5, 5.41) is 0. The van der Waals surface area contributed by atoms with Crippen LogP contribution >= 0.6 is 0 Å². The molecule has 0 radical (unpaired) electrons. The number of carbonyl (C=O) groups excluding carboxylic acids is 2. The van der Waals surface area contributed by atoms with Gasteiger partial charge in [-0.15, -0.1) is 0 Å². The van der Waals surface area contributed by atoms with Crippen molar-refractivity contribution < 1.29 is 19.1 Å². The third-order valence-electron chi connectivity index (χ3n) is 3.51. The van der Waals surface area contributed by atoms with Gasteiger partial charge in [0, 0.05) is 13.1 Å². The van der Waals surface area contributed by atoms with Crippen molar-refractivity contribution in [1.29, 1.82) is 0 Å². The molecule has 0 atom stereocenters. The smallest absolute Gasteiger partial charge is 0.410 e. The van der Waals surface area contributed by atoms with E-state index in [0.29, 0.717) is 18.8 Å². The summed E-state index contributed by atoms with van der Waals surface area (Å²) >= 11 is 0. The predicted octanol–water partition coefficient (Wildman–Crippen LogP) is 1.89. The fraction of sp³-hybridized carbons (Fsp3) is 0.529. The highest BCUT2D eigenvalue weighted by atomic mass is 16.6. The Bertz CT molecular complexity index is 593. The summed E-state index contributed by atoms with van der Waals surface area (Å²) in [4.78, 5) is 24.7. The van der Waals surface area contributed by atoms with Crippen molar-refractivity contribution in [2.75, 3.05) is 19.7 Å². The second-order valence-corrected chi connectivity index (χ2v) is 6.65. The number of ether oxygens (including phenoxy) is 2. The van der Waals surface area contributed by atoms with Crippen molar-refractivity contribution >= 4 is 12.0 Å². The Hall–Kier alpha value is -2.24. The zero-order chi connectivity index (χ0) is 17.0. The van der Waals surface area contributed by atoms with E-state index in [0.717, 1.165) is 18.4 Å². The van der Waals surface area contributed by atoms with Crippen LogP contribution in [0.3, 0.4) is 0 Å². The van der Waals surface area contributed by atoms with Crippen molar-refractivity contribution in [2.45, 2.75) is 39.2 Å². The molecule has 2 rings (SSSR count). The molecular weight excluding hydrogens is 296 g/mol. The molecule has 1 aromatic rings. The quantitative estimate of drug-likeness (QED) is 0.922. The molecule has 126 valence electrons. The topological polar surface area (TPSA) is 81.9 Å². The van der Waals surface area contributed by atoms with Crippen LogP contribution in [0.2, 0.25) is 0 Å². The lowest BCUT2D eigenvalue weighted by atomic mass is 10.0. The molecule has 1 heterocycles. The van der Waals surface area contributed by atoms with Crippen molar-refractivity contribution in [2.24, 2.45) is 5.73 Å². The largest absolute Gasteiger partial charge is 0.484 e. The van der Waals surface area contributed by atoms with Gasteiger partial charge in [0.2, 0.25) is 0 Å². The van der Waals surface area contributed by atoms with E-state index in [1.807, 2.05) is 39.0 Å². The molecule has 0 aliphatic carbocycles. The number of amides is 2. The third-order valence-corrected chi connectivity index (χ3v) is 3.51. The molecule has 2 amide bonds. The molecule has 1 aliphatic rings. The van der Waals surface area contributed by atoms with Crippen molar-refractivity contribution in [3.63, 3.8) is 0 Å². The third kappa shape index (κ3) is 5.16. The lowest BCUT2D eigenvalue weighted by molar-refractivity contribution is -0.119. The highest BCUT2D eigenvalue weighted by molar-refractivity contribution is 5.75. The fourth-order valence-electron chi connectivity index (χ4n) is 2.45. The average molecular weight is 320 g/mol. The molecule has 0 bridgehead atoms. The van der Waals surface area contributed by atoms with Crippen LogP contribution in [0.15, 0.2) is 18.2 Å². The van der Waals surface area contributed by atoms with Crippen LogP contribution in [0.25, 0.3) is 0 Å². The number of nitrogens with two attached hydrogens (primary N) is 1. The summed E-state index contributed by atoms with van der Waals surface area (Å²) in [6.45, 7) is 6.67. The Morgan fingerprint density at radius 1 is 1.17 bits per heavy atom. The highest BCUT2D eigenvalue weighted by Crippen LogP contribution is 2.22. The first-order chi connectivity index (χ1) is 10.7. The van der Waals surface area contributed by atoms with E-state index in [1.54, 1.807) is 4.90 Å². The molecule has 0 spiro atoms. The Morgan fingerprint density at radius 2 is 1.83 bits per heavy atom. The predicted molar refractivity (Wildman–Crippen MR) is 86.3 cm³/mol. The molecule has 6 heteroatoms. The van der Waals surface area contributed by atoms with E-state index in [1.165, 1.54) is 5.56 Å². The maximum Gasteiger partial charge on any atom is 0.410 e. The number of benzene rings is 1. The van der Waals surface area contributed by atoms with Gasteiger partial charge in [-0.05, 0) is 56.9 Å². The SMILES string of the molecule is CC(C)(C)OC(=O)N1CCc2ccc(OCC(N)=O)cc2CC1. The standard InChI is InChI=1S/C17H24N2O4/c1-17(2,3)23-16(21)19-8-6-12-4-5-14(22-11-15(18)20)10-13(12)7-9-19/h4-5,10H,6-9,11H2,1-3H3,(H2,18,20). The second-order valence-electron chi connectivity index (χ2n) is 6.65. The maximum atomic E-state index is 12.2. The molecular formula is C17H24N2O4. The molecule has 23 heavy (non-hydrogen) atoms. The number of rotatable bonds is 3. The van der Waals surface area contributed by atoms with Gasteiger partial charge in [-0.1, -0.05) is 6.07 Å². The van der Waals surface area contributed by atoms with Crippen molar-refractivity contribution in [1.82, 2.24) is 4.90 Å². The first-order valence-electron chi connectivity index (χ1n) is 7.75. The van der Waals surface area contributed by atoms with E-state index in [-0.39, 0.29) is 12.7 Å². The van der Waals surface area contributed by atoms with Gasteiger partial charge in [0.1, 0.15) is 11.4 Å². The lowest BCUT2D eigenvalue weighted by Crippen LogP contribution is -2.38. The number of hydrogen-bond donors (Lipinski definition) is 1. The summed E-state index contributed by atoms with van der Waals surface area (Å²) in [6.07, 6.45) is 1.21. The van der Waals surface area contributed by atoms with Gasteiger partial charge in [-0.2, -0.15) is 0 Å². The minimum absolute atomic E-state index is 0.136. The zero-order valence-electron chi connectivity index (χ0n) is 13.9. The van der Waals surface area contributed by atoms with E-state index in [9.17, 15) is 9.59 Å². The van der Waals surface area contributed by atoms with Crippen LogP contribution in [-0.4, -0.2) is 42.2 Å². The minimum atomic E-state index is -0.504. The van der Waals surface area contributed by atoms with Crippen molar-refractivity contribution in [3.05, 3.63) is 29.3 Å². The number of nitrogens with zero attached hydrogens (tertiary/aromatic N) is 1. The summed E-state index contributed by atoms with van der Waals surface area (Å²) < 4.78 is 10.8. The molecule has 1 aromatic carbocycles. The summed E-state index contributed by atoms with van der Waals surface area (Å²) in [7, 11) is 0. The van der Waals surface area contributed by atoms with Gasteiger partial charge in [0.15, 0.2) is 6.61 Å². The summed E-state index contributed by atoms with van der Waals surface area (Å²) in [5.74, 6) is 0.115. The summed E-state index contributed by atoms with van der Waals surface area (Å²) in [5.41, 5.74) is 6.89. The van der Waals surface area contributed by atoms with Gasteiger partial charge >= 0.3 is 6.09 Å². The number of carbonyl (C=O) groups is 2.